The van der Waals surface area contributed by atoms with Gasteiger partial charge in [-0.05, 0) is 73.1 Å². The van der Waals surface area contributed by atoms with Gasteiger partial charge in [0, 0.05) is 16.9 Å². The fraction of sp³-hybridized carbons (Fsp3) is 0.281. The Hall–Kier alpha value is -4.67. The molecule has 10 nitrogen and oxygen atoms in total. The van der Waals surface area contributed by atoms with Gasteiger partial charge >= 0.3 is 0 Å². The number of hydrogen-bond donors (Lipinski definition) is 5. The molecular weight excluding hydrogens is 540 g/mol. The number of aliphatic hydroxyl groups is 3. The van der Waals surface area contributed by atoms with Crippen LogP contribution in [0, 0.1) is 11.8 Å². The van der Waals surface area contributed by atoms with Crippen molar-refractivity contribution in [3.05, 3.63) is 76.6 Å². The number of benzene rings is 3. The molecule has 10 heteroatoms. The maximum atomic E-state index is 14.0. The number of hydrogen-bond acceptors (Lipinski definition) is 9. The maximum absolute atomic E-state index is 14.0. The van der Waals surface area contributed by atoms with E-state index in [1.807, 2.05) is 42.5 Å². The lowest BCUT2D eigenvalue weighted by atomic mass is 9.57. The molecule has 0 aliphatic heterocycles. The summed E-state index contributed by atoms with van der Waals surface area (Å²) in [7, 11) is 4.71. The Labute approximate surface area is 240 Å². The fourth-order valence-corrected chi connectivity index (χ4v) is 6.99. The SMILES string of the molecule is COc1cccc(-c2ccc3cc4c(c(O)c3c2)C(O)=C2C(=O)[C@]3(O)C(O)=C(C(N)=O)C(=O)[C@@H](N(C)C)[C@@H]3C[C@@H]2C4)c1. The van der Waals surface area contributed by atoms with Gasteiger partial charge in [0.05, 0.1) is 18.7 Å². The number of amides is 1. The molecule has 216 valence electrons. The summed E-state index contributed by atoms with van der Waals surface area (Å²) in [5.74, 6) is -6.02. The number of primary amides is 1. The van der Waals surface area contributed by atoms with Crippen LogP contribution < -0.4 is 10.5 Å². The van der Waals surface area contributed by atoms with Crippen molar-refractivity contribution in [3.8, 4) is 22.6 Å². The molecule has 6 N–H and O–H groups in total. The number of carbonyl (C=O) groups excluding carboxylic acids is 3. The zero-order valence-electron chi connectivity index (χ0n) is 23.2. The average molecular weight is 571 g/mol. The van der Waals surface area contributed by atoms with Crippen LogP contribution in [0.25, 0.3) is 27.7 Å². The summed E-state index contributed by atoms with van der Waals surface area (Å²) in [4.78, 5) is 40.9. The second kappa shape index (κ2) is 9.43. The number of aromatic hydroxyl groups is 1. The molecule has 42 heavy (non-hydrogen) atoms. The van der Waals surface area contributed by atoms with E-state index in [9.17, 15) is 34.8 Å². The Morgan fingerprint density at radius 2 is 1.76 bits per heavy atom. The number of carbonyl (C=O) groups is 3. The van der Waals surface area contributed by atoms with Crippen LogP contribution in [0.15, 0.2) is 65.4 Å². The number of nitrogens with zero attached hydrogens (tertiary/aromatic N) is 1. The van der Waals surface area contributed by atoms with Crippen molar-refractivity contribution in [1.29, 1.82) is 0 Å². The summed E-state index contributed by atoms with van der Waals surface area (Å²) in [6.07, 6.45) is 0.273. The maximum Gasteiger partial charge on any atom is 0.255 e. The van der Waals surface area contributed by atoms with Gasteiger partial charge < -0.3 is 30.9 Å². The number of methoxy groups -OCH3 is 1. The van der Waals surface area contributed by atoms with Crippen LogP contribution >= 0.6 is 0 Å². The summed E-state index contributed by atoms with van der Waals surface area (Å²) >= 11 is 0. The van der Waals surface area contributed by atoms with Crippen LogP contribution in [0.1, 0.15) is 17.5 Å². The molecule has 3 aliphatic rings. The fourth-order valence-electron chi connectivity index (χ4n) is 6.99. The summed E-state index contributed by atoms with van der Waals surface area (Å²) in [6.45, 7) is 0. The molecule has 0 aromatic heterocycles. The van der Waals surface area contributed by atoms with Gasteiger partial charge in [0.1, 0.15) is 28.6 Å². The monoisotopic (exact) mass is 570 g/mol. The standard InChI is InChI=1S/C32H30N2O8/c1-34(2)25-21-13-18-10-17-9-16-8-7-15(14-5-4-6-19(11-14)42-3)12-20(16)26(35)22(17)27(36)23(18)29(38)32(21,41)30(39)24(28(25)37)31(33)40/h4-9,11-12,18,21,25,35-36,39,41H,10,13H2,1-3H3,(H2,33,40)/t18-,21-,25-,32-/m0/s1. The van der Waals surface area contributed by atoms with Crippen molar-refractivity contribution in [2.75, 3.05) is 21.2 Å². The molecule has 0 saturated heterocycles. The number of fused-ring (bicyclic) bond motifs is 4. The number of ketones is 2. The third-order valence-electron chi connectivity index (χ3n) is 8.93. The number of phenolic OH excluding ortho intramolecular Hbond substituents is 1. The number of rotatable bonds is 4. The molecule has 0 bridgehead atoms. The molecule has 3 aliphatic carbocycles. The number of phenols is 1. The molecule has 0 radical (unpaired) electrons. The molecule has 3 aromatic rings. The number of likely N-dealkylation sites (N-methyl/N-ethyl adjacent to an activating group) is 1. The van der Waals surface area contributed by atoms with E-state index in [1.165, 1.54) is 4.90 Å². The second-order valence-electron chi connectivity index (χ2n) is 11.4. The van der Waals surface area contributed by atoms with Crippen LogP contribution in [0.2, 0.25) is 0 Å². The zero-order chi connectivity index (χ0) is 30.2. The van der Waals surface area contributed by atoms with Gasteiger partial charge in [-0.1, -0.05) is 30.3 Å². The Bertz CT molecular complexity index is 1790. The van der Waals surface area contributed by atoms with Crippen LogP contribution in [-0.4, -0.2) is 75.6 Å². The molecule has 0 unspecified atom stereocenters. The zero-order valence-corrected chi connectivity index (χ0v) is 23.2. The Morgan fingerprint density at radius 3 is 2.43 bits per heavy atom. The Balaban J connectivity index is 1.53. The highest BCUT2D eigenvalue weighted by molar-refractivity contribution is 6.24. The van der Waals surface area contributed by atoms with E-state index in [0.29, 0.717) is 16.7 Å². The largest absolute Gasteiger partial charge is 0.508 e. The van der Waals surface area contributed by atoms with Crippen molar-refractivity contribution in [3.63, 3.8) is 0 Å². The summed E-state index contributed by atoms with van der Waals surface area (Å²) in [6, 6.07) is 13.7. The molecule has 1 saturated carbocycles. The highest BCUT2D eigenvalue weighted by Gasteiger charge is 2.64. The van der Waals surface area contributed by atoms with E-state index in [4.69, 9.17) is 10.5 Å². The number of nitrogens with two attached hydrogens (primary N) is 1. The first-order chi connectivity index (χ1) is 19.9. The van der Waals surface area contributed by atoms with E-state index in [2.05, 4.69) is 0 Å². The number of ether oxygens (including phenoxy) is 1. The number of aliphatic hydroxyl groups excluding tert-OH is 2. The highest BCUT2D eigenvalue weighted by atomic mass is 16.5. The molecule has 0 heterocycles. The first kappa shape index (κ1) is 27.5. The molecule has 0 spiro atoms. The Morgan fingerprint density at radius 1 is 1.05 bits per heavy atom. The van der Waals surface area contributed by atoms with Gasteiger partial charge in [0.2, 0.25) is 5.78 Å². The van der Waals surface area contributed by atoms with Crippen molar-refractivity contribution in [2.24, 2.45) is 17.6 Å². The van der Waals surface area contributed by atoms with E-state index >= 15 is 0 Å². The van der Waals surface area contributed by atoms with Crippen molar-refractivity contribution >= 4 is 34.0 Å². The van der Waals surface area contributed by atoms with Crippen LogP contribution in [0.3, 0.4) is 0 Å². The lowest BCUT2D eigenvalue weighted by Crippen LogP contribution is -2.65. The third-order valence-corrected chi connectivity index (χ3v) is 8.93. The predicted molar refractivity (Wildman–Crippen MR) is 154 cm³/mol. The molecule has 3 aromatic carbocycles. The van der Waals surface area contributed by atoms with Crippen molar-refractivity contribution in [1.82, 2.24) is 4.90 Å². The van der Waals surface area contributed by atoms with Gasteiger partial charge in [-0.25, -0.2) is 0 Å². The van der Waals surface area contributed by atoms with Crippen LogP contribution in [-0.2, 0) is 20.8 Å². The first-order valence-electron chi connectivity index (χ1n) is 13.5. The quantitative estimate of drug-likeness (QED) is 0.296. The lowest BCUT2D eigenvalue weighted by Gasteiger charge is -2.50. The normalized spacial score (nSPS) is 25.4. The van der Waals surface area contributed by atoms with Gasteiger partial charge in [-0.3, -0.25) is 19.3 Å². The minimum atomic E-state index is -2.67. The molecule has 1 fully saturated rings. The van der Waals surface area contributed by atoms with E-state index in [1.54, 1.807) is 27.3 Å². The van der Waals surface area contributed by atoms with E-state index < -0.39 is 58.0 Å². The Kier molecular flexibility index (Phi) is 6.18. The molecule has 1 amide bonds. The summed E-state index contributed by atoms with van der Waals surface area (Å²) in [5, 5.41) is 46.9. The number of Topliss-reactive ketones (excluding diaryl/α,β-unsaturated/α-hetero) is 2. The van der Waals surface area contributed by atoms with Crippen molar-refractivity contribution in [2.45, 2.75) is 24.5 Å². The topological polar surface area (TPSA) is 171 Å². The van der Waals surface area contributed by atoms with E-state index in [0.717, 1.165) is 16.5 Å². The predicted octanol–water partition coefficient (Wildman–Crippen LogP) is 2.79. The van der Waals surface area contributed by atoms with Crippen molar-refractivity contribution < 1.29 is 39.5 Å². The summed E-state index contributed by atoms with van der Waals surface area (Å²) < 4.78 is 5.33. The van der Waals surface area contributed by atoms with Gasteiger partial charge in [-0.2, -0.15) is 0 Å². The van der Waals surface area contributed by atoms with Gasteiger partial charge in [0.25, 0.3) is 5.91 Å². The van der Waals surface area contributed by atoms with Gasteiger partial charge in [0.15, 0.2) is 11.4 Å². The molecule has 4 atom stereocenters. The minimum Gasteiger partial charge on any atom is -0.508 e. The molecule has 6 rings (SSSR count). The third kappa shape index (κ3) is 3.68. The van der Waals surface area contributed by atoms with E-state index in [-0.39, 0.29) is 29.7 Å². The minimum absolute atomic E-state index is 0.0410. The van der Waals surface area contributed by atoms with Gasteiger partial charge in [-0.15, -0.1) is 0 Å². The van der Waals surface area contributed by atoms with Crippen LogP contribution in [0.4, 0.5) is 0 Å². The average Bonchev–Trinajstić information content (AvgIpc) is 2.94. The van der Waals surface area contributed by atoms with Crippen LogP contribution in [0.5, 0.6) is 11.5 Å². The summed E-state index contributed by atoms with van der Waals surface area (Å²) in [5.41, 5.74) is 3.99. The second-order valence-corrected chi connectivity index (χ2v) is 11.4. The highest BCUT2D eigenvalue weighted by Crippen LogP contribution is 2.53. The molecular formula is C32H30N2O8. The smallest absolute Gasteiger partial charge is 0.255 e. The first-order valence-corrected chi connectivity index (χ1v) is 13.5. The lowest BCUT2D eigenvalue weighted by molar-refractivity contribution is -0.153.